The molecule has 1 unspecified atom stereocenters. The fourth-order valence-corrected chi connectivity index (χ4v) is 2.62. The predicted octanol–water partition coefficient (Wildman–Crippen LogP) is 3.28. The number of carbonyl (C=O) groups is 2. The van der Waals surface area contributed by atoms with Crippen LogP contribution in [0.15, 0.2) is 18.2 Å². The molecule has 0 spiro atoms. The molecule has 0 fully saturated rings. The van der Waals surface area contributed by atoms with Crippen molar-refractivity contribution < 1.29 is 9.59 Å². The Kier molecular flexibility index (Phi) is 7.03. The van der Waals surface area contributed by atoms with Crippen molar-refractivity contribution in [3.63, 3.8) is 0 Å². The number of carbonyl (C=O) groups excluding carboxylic acids is 2. The average Bonchev–Trinajstić information content (AvgIpc) is 2.48. The van der Waals surface area contributed by atoms with E-state index in [1.807, 2.05) is 20.8 Å². The average molecular weight is 340 g/mol. The first-order valence-corrected chi connectivity index (χ1v) is 8.33. The zero-order chi connectivity index (χ0) is 17.6. The second-order valence-corrected chi connectivity index (χ2v) is 6.20. The molecule has 1 aromatic carbocycles. The highest BCUT2D eigenvalue weighted by molar-refractivity contribution is 6.34. The van der Waals surface area contributed by atoms with E-state index >= 15 is 0 Å². The lowest BCUT2D eigenvalue weighted by Crippen LogP contribution is -2.48. The summed E-state index contributed by atoms with van der Waals surface area (Å²) >= 11 is 6.21. The number of halogens is 1. The van der Waals surface area contributed by atoms with Crippen molar-refractivity contribution in [2.75, 3.05) is 18.4 Å². The second-order valence-electron chi connectivity index (χ2n) is 5.79. The number of nitrogens with two attached hydrogens (primary N) is 1. The summed E-state index contributed by atoms with van der Waals surface area (Å²) in [4.78, 5) is 26.2. The smallest absolute Gasteiger partial charge is 0.255 e. The van der Waals surface area contributed by atoms with E-state index in [-0.39, 0.29) is 11.8 Å². The van der Waals surface area contributed by atoms with Crippen molar-refractivity contribution in [1.29, 1.82) is 0 Å². The van der Waals surface area contributed by atoms with Gasteiger partial charge >= 0.3 is 0 Å². The van der Waals surface area contributed by atoms with E-state index in [4.69, 9.17) is 17.3 Å². The Labute approximate surface area is 143 Å². The Balaban J connectivity index is 2.92. The molecule has 0 bridgehead atoms. The van der Waals surface area contributed by atoms with Gasteiger partial charge in [0.2, 0.25) is 5.91 Å². The van der Waals surface area contributed by atoms with Gasteiger partial charge in [-0.05, 0) is 45.4 Å². The molecule has 1 rings (SSSR count). The minimum Gasteiger partial charge on any atom is -0.339 e. The third kappa shape index (κ3) is 4.94. The van der Waals surface area contributed by atoms with Crippen molar-refractivity contribution in [3.8, 4) is 0 Å². The Morgan fingerprint density at radius 3 is 2.35 bits per heavy atom. The molecule has 2 amide bonds. The van der Waals surface area contributed by atoms with Gasteiger partial charge in [-0.3, -0.25) is 9.59 Å². The Morgan fingerprint density at radius 1 is 1.26 bits per heavy atom. The molecule has 0 aliphatic rings. The molecule has 128 valence electrons. The lowest BCUT2D eigenvalue weighted by molar-refractivity contribution is -0.120. The van der Waals surface area contributed by atoms with Gasteiger partial charge in [0.05, 0.1) is 16.1 Å². The summed E-state index contributed by atoms with van der Waals surface area (Å²) in [5, 5.41) is 3.07. The van der Waals surface area contributed by atoms with Gasteiger partial charge < -0.3 is 16.0 Å². The van der Waals surface area contributed by atoms with Crippen LogP contribution in [0.1, 0.15) is 50.9 Å². The van der Waals surface area contributed by atoms with Crippen LogP contribution in [-0.2, 0) is 4.79 Å². The quantitative estimate of drug-likeness (QED) is 0.800. The van der Waals surface area contributed by atoms with Crippen LogP contribution in [0.5, 0.6) is 0 Å². The molecule has 5 nitrogen and oxygen atoms in total. The van der Waals surface area contributed by atoms with Crippen molar-refractivity contribution in [1.82, 2.24) is 4.90 Å². The molecule has 0 aliphatic heterocycles. The van der Waals surface area contributed by atoms with Crippen LogP contribution in [-0.4, -0.2) is 35.3 Å². The molecule has 0 aliphatic carbocycles. The van der Waals surface area contributed by atoms with E-state index in [1.165, 1.54) is 0 Å². The van der Waals surface area contributed by atoms with Crippen LogP contribution < -0.4 is 11.1 Å². The minimum atomic E-state index is -0.934. The Hall–Kier alpha value is -1.59. The summed E-state index contributed by atoms with van der Waals surface area (Å²) in [5.41, 5.74) is 6.03. The molecular formula is C17H26ClN3O2. The van der Waals surface area contributed by atoms with Gasteiger partial charge in [0.25, 0.3) is 5.91 Å². The highest BCUT2D eigenvalue weighted by Crippen LogP contribution is 2.23. The molecule has 3 N–H and O–H groups in total. The topological polar surface area (TPSA) is 75.4 Å². The zero-order valence-electron chi connectivity index (χ0n) is 14.3. The normalized spacial score (nSPS) is 13.3. The fourth-order valence-electron chi connectivity index (χ4n) is 2.35. The van der Waals surface area contributed by atoms with Gasteiger partial charge in [0, 0.05) is 18.8 Å². The summed E-state index contributed by atoms with van der Waals surface area (Å²) in [5.74, 6) is -0.384. The highest BCUT2D eigenvalue weighted by Gasteiger charge is 2.27. The van der Waals surface area contributed by atoms with Crippen LogP contribution >= 0.6 is 11.6 Å². The van der Waals surface area contributed by atoms with Crippen molar-refractivity contribution in [3.05, 3.63) is 28.8 Å². The predicted molar refractivity (Wildman–Crippen MR) is 94.8 cm³/mol. The molecule has 23 heavy (non-hydrogen) atoms. The molecule has 1 atom stereocenters. The second kappa shape index (κ2) is 8.31. The van der Waals surface area contributed by atoms with E-state index in [1.54, 1.807) is 30.0 Å². The number of amides is 2. The van der Waals surface area contributed by atoms with Gasteiger partial charge in [-0.15, -0.1) is 0 Å². The van der Waals surface area contributed by atoms with E-state index in [9.17, 15) is 9.59 Å². The SMILES string of the molecule is CCCC(C)(N)C(=O)Nc1ccc(C(=O)N(CC)CC)c(Cl)c1. The summed E-state index contributed by atoms with van der Waals surface area (Å²) < 4.78 is 0. The van der Waals surface area contributed by atoms with E-state index in [0.717, 1.165) is 6.42 Å². The van der Waals surface area contributed by atoms with Gasteiger partial charge in [-0.1, -0.05) is 24.9 Å². The lowest BCUT2D eigenvalue weighted by atomic mass is 9.96. The standard InChI is InChI=1S/C17H26ClN3O2/c1-5-10-17(4,19)16(23)20-12-8-9-13(14(18)11-12)15(22)21(6-2)7-3/h8-9,11H,5-7,10,19H2,1-4H3,(H,20,23). The highest BCUT2D eigenvalue weighted by atomic mass is 35.5. The maximum Gasteiger partial charge on any atom is 0.255 e. The van der Waals surface area contributed by atoms with Crippen molar-refractivity contribution in [2.24, 2.45) is 5.73 Å². The summed E-state index contributed by atoms with van der Waals surface area (Å²) in [6, 6.07) is 4.88. The molecule has 0 saturated heterocycles. The molecule has 0 radical (unpaired) electrons. The first-order valence-electron chi connectivity index (χ1n) is 7.95. The lowest BCUT2D eigenvalue weighted by Gasteiger charge is -2.23. The van der Waals surface area contributed by atoms with Gasteiger partial charge in [-0.25, -0.2) is 0 Å². The number of hydrogen-bond acceptors (Lipinski definition) is 3. The third-order valence-electron chi connectivity index (χ3n) is 3.80. The molecule has 1 aromatic rings. The van der Waals surface area contributed by atoms with Crippen LogP contribution in [0.2, 0.25) is 5.02 Å². The van der Waals surface area contributed by atoms with Gasteiger partial charge in [0.15, 0.2) is 0 Å². The largest absolute Gasteiger partial charge is 0.339 e. The maximum absolute atomic E-state index is 12.3. The van der Waals surface area contributed by atoms with Crippen LogP contribution in [0.3, 0.4) is 0 Å². The number of anilines is 1. The van der Waals surface area contributed by atoms with Crippen LogP contribution in [0.4, 0.5) is 5.69 Å². The van der Waals surface area contributed by atoms with Crippen molar-refractivity contribution >= 4 is 29.1 Å². The minimum absolute atomic E-state index is 0.118. The van der Waals surface area contributed by atoms with Crippen LogP contribution in [0, 0.1) is 0 Å². The fraction of sp³-hybridized carbons (Fsp3) is 0.529. The first kappa shape index (κ1) is 19.5. The molecule has 0 heterocycles. The van der Waals surface area contributed by atoms with E-state index in [2.05, 4.69) is 5.32 Å². The van der Waals surface area contributed by atoms with E-state index in [0.29, 0.717) is 35.8 Å². The first-order chi connectivity index (χ1) is 10.8. The van der Waals surface area contributed by atoms with E-state index < -0.39 is 5.54 Å². The van der Waals surface area contributed by atoms with Crippen LogP contribution in [0.25, 0.3) is 0 Å². The monoisotopic (exact) mass is 339 g/mol. The summed E-state index contributed by atoms with van der Waals surface area (Å²) in [6.45, 7) is 8.74. The van der Waals surface area contributed by atoms with Crippen molar-refractivity contribution in [2.45, 2.75) is 46.1 Å². The number of rotatable bonds is 7. The maximum atomic E-state index is 12.3. The number of nitrogens with zero attached hydrogens (tertiary/aromatic N) is 1. The molecule has 6 heteroatoms. The Bertz CT molecular complexity index is 569. The summed E-state index contributed by atoms with van der Waals surface area (Å²) in [7, 11) is 0. The number of benzene rings is 1. The number of hydrogen-bond donors (Lipinski definition) is 2. The molecule has 0 saturated carbocycles. The molecule has 0 aromatic heterocycles. The third-order valence-corrected chi connectivity index (χ3v) is 4.11. The zero-order valence-corrected chi connectivity index (χ0v) is 15.0. The Morgan fingerprint density at radius 2 is 1.87 bits per heavy atom. The summed E-state index contributed by atoms with van der Waals surface area (Å²) in [6.07, 6.45) is 1.41. The number of nitrogens with one attached hydrogen (secondary N) is 1. The van der Waals surface area contributed by atoms with Gasteiger partial charge in [0.1, 0.15) is 0 Å². The molecular weight excluding hydrogens is 314 g/mol. The van der Waals surface area contributed by atoms with Gasteiger partial charge in [-0.2, -0.15) is 0 Å².